The molecule has 0 aliphatic rings. The summed E-state index contributed by atoms with van der Waals surface area (Å²) >= 11 is 5.99. The molecule has 0 fully saturated rings. The van der Waals surface area contributed by atoms with E-state index in [0.29, 0.717) is 16.3 Å². The number of amides is 2. The Balaban J connectivity index is 1.95. The van der Waals surface area contributed by atoms with Crippen molar-refractivity contribution in [1.29, 1.82) is 0 Å². The van der Waals surface area contributed by atoms with E-state index in [1.165, 1.54) is 0 Å². The molecule has 0 aromatic heterocycles. The largest absolute Gasteiger partial charge is 0.366 e. The van der Waals surface area contributed by atoms with Crippen LogP contribution in [0, 0.1) is 0 Å². The maximum Gasteiger partial charge on any atom is 0.248 e. The predicted octanol–water partition coefficient (Wildman–Crippen LogP) is 3.12. The molecule has 0 aliphatic carbocycles. The number of nitrogens with two attached hydrogens (primary N) is 1. The number of primary amides is 1. The molecule has 2 aromatic rings. The smallest absolute Gasteiger partial charge is 0.248 e. The van der Waals surface area contributed by atoms with Gasteiger partial charge in [0.05, 0.1) is 6.04 Å². The van der Waals surface area contributed by atoms with Crippen molar-refractivity contribution in [2.24, 2.45) is 5.73 Å². The number of hydrogen-bond donors (Lipinski definition) is 3. The van der Waals surface area contributed by atoms with Crippen LogP contribution in [-0.4, -0.2) is 17.9 Å². The Morgan fingerprint density at radius 3 is 2.33 bits per heavy atom. The van der Waals surface area contributed by atoms with Gasteiger partial charge in [-0.2, -0.15) is 0 Å². The van der Waals surface area contributed by atoms with Crippen LogP contribution in [-0.2, 0) is 4.79 Å². The molecule has 0 bridgehead atoms. The van der Waals surface area contributed by atoms with Crippen LogP contribution in [0.4, 0.5) is 5.69 Å². The first-order valence-corrected chi connectivity index (χ1v) is 7.97. The summed E-state index contributed by atoms with van der Waals surface area (Å²) in [6.07, 6.45) is 0. The lowest BCUT2D eigenvalue weighted by atomic mass is 10.1. The summed E-state index contributed by atoms with van der Waals surface area (Å²) in [5.74, 6) is -0.672. The second-order valence-electron chi connectivity index (χ2n) is 5.60. The van der Waals surface area contributed by atoms with Crippen molar-refractivity contribution in [3.05, 3.63) is 64.7 Å². The van der Waals surface area contributed by atoms with Gasteiger partial charge in [-0.05, 0) is 55.8 Å². The van der Waals surface area contributed by atoms with Gasteiger partial charge in [0.1, 0.15) is 0 Å². The standard InChI is InChI=1S/C18H20ClN3O2/c1-11(14-4-3-5-15(19)10-14)21-12(2)18(24)22-16-8-6-13(7-9-16)17(20)23/h3-12,21H,1-2H3,(H2,20,23)(H,22,24)/t11-,12-/m1/s1. The molecule has 0 saturated heterocycles. The van der Waals surface area contributed by atoms with Crippen molar-refractivity contribution >= 4 is 29.1 Å². The molecule has 5 nitrogen and oxygen atoms in total. The van der Waals surface area contributed by atoms with Gasteiger partial charge in [-0.15, -0.1) is 0 Å². The van der Waals surface area contributed by atoms with Gasteiger partial charge in [0.2, 0.25) is 11.8 Å². The van der Waals surface area contributed by atoms with Gasteiger partial charge in [0.15, 0.2) is 0 Å². The van der Waals surface area contributed by atoms with Crippen LogP contribution in [0.1, 0.15) is 35.8 Å². The van der Waals surface area contributed by atoms with E-state index in [4.69, 9.17) is 17.3 Å². The van der Waals surface area contributed by atoms with E-state index in [9.17, 15) is 9.59 Å². The summed E-state index contributed by atoms with van der Waals surface area (Å²) in [5, 5.41) is 6.68. The normalized spacial score (nSPS) is 13.1. The lowest BCUT2D eigenvalue weighted by Gasteiger charge is -2.20. The molecule has 2 amide bonds. The van der Waals surface area contributed by atoms with Crippen molar-refractivity contribution in [2.75, 3.05) is 5.32 Å². The number of benzene rings is 2. The molecule has 2 atom stereocenters. The van der Waals surface area contributed by atoms with Gasteiger partial charge in [0, 0.05) is 22.3 Å². The van der Waals surface area contributed by atoms with Crippen molar-refractivity contribution in [3.8, 4) is 0 Å². The Hall–Kier alpha value is -2.37. The fraction of sp³-hybridized carbons (Fsp3) is 0.222. The molecule has 2 aromatic carbocycles. The Bertz CT molecular complexity index is 731. The Morgan fingerprint density at radius 1 is 1.08 bits per heavy atom. The average Bonchev–Trinajstić information content (AvgIpc) is 2.55. The molecule has 0 spiro atoms. The van der Waals surface area contributed by atoms with Gasteiger partial charge >= 0.3 is 0 Å². The number of nitrogens with one attached hydrogen (secondary N) is 2. The zero-order chi connectivity index (χ0) is 17.7. The first-order chi connectivity index (χ1) is 11.4. The molecule has 0 aliphatic heterocycles. The zero-order valence-corrected chi connectivity index (χ0v) is 14.3. The van der Waals surface area contributed by atoms with Crippen LogP contribution in [0.25, 0.3) is 0 Å². The Morgan fingerprint density at radius 2 is 1.75 bits per heavy atom. The number of anilines is 1. The maximum absolute atomic E-state index is 12.3. The van der Waals surface area contributed by atoms with Crippen LogP contribution in [0.15, 0.2) is 48.5 Å². The van der Waals surface area contributed by atoms with Gasteiger partial charge < -0.3 is 11.1 Å². The molecule has 6 heteroatoms. The van der Waals surface area contributed by atoms with Crippen molar-refractivity contribution < 1.29 is 9.59 Å². The lowest BCUT2D eigenvalue weighted by Crippen LogP contribution is -2.39. The number of carbonyl (C=O) groups is 2. The first-order valence-electron chi connectivity index (χ1n) is 7.59. The third kappa shape index (κ3) is 4.81. The minimum Gasteiger partial charge on any atom is -0.366 e. The SMILES string of the molecule is C[C@@H](N[C@H](C)c1cccc(Cl)c1)C(=O)Nc1ccc(C(N)=O)cc1. The highest BCUT2D eigenvalue weighted by Gasteiger charge is 2.16. The summed E-state index contributed by atoms with van der Waals surface area (Å²) in [5.41, 5.74) is 7.20. The van der Waals surface area contributed by atoms with Crippen molar-refractivity contribution in [3.63, 3.8) is 0 Å². The molecule has 126 valence electrons. The molecule has 4 N–H and O–H groups in total. The highest BCUT2D eigenvalue weighted by Crippen LogP contribution is 2.18. The summed E-state index contributed by atoms with van der Waals surface area (Å²) in [6.45, 7) is 3.76. The highest BCUT2D eigenvalue weighted by atomic mass is 35.5. The van der Waals surface area contributed by atoms with Crippen LogP contribution >= 0.6 is 11.6 Å². The Labute approximate surface area is 146 Å². The molecule has 2 rings (SSSR count). The van der Waals surface area contributed by atoms with Crippen molar-refractivity contribution in [1.82, 2.24) is 5.32 Å². The van der Waals surface area contributed by atoms with Crippen LogP contribution in [0.5, 0.6) is 0 Å². The first kappa shape index (κ1) is 18.0. The highest BCUT2D eigenvalue weighted by molar-refractivity contribution is 6.30. The third-order valence-electron chi connectivity index (χ3n) is 3.68. The van der Waals surface area contributed by atoms with E-state index >= 15 is 0 Å². The third-order valence-corrected chi connectivity index (χ3v) is 3.91. The molecule has 0 saturated carbocycles. The van der Waals surface area contributed by atoms with Gasteiger partial charge in [-0.3, -0.25) is 14.9 Å². The van der Waals surface area contributed by atoms with E-state index in [-0.39, 0.29) is 11.9 Å². The quantitative estimate of drug-likeness (QED) is 0.752. The van der Waals surface area contributed by atoms with E-state index in [1.807, 2.05) is 31.2 Å². The fourth-order valence-electron chi connectivity index (χ4n) is 2.29. The monoisotopic (exact) mass is 345 g/mol. The molecule has 0 unspecified atom stereocenters. The molecule has 0 heterocycles. The maximum atomic E-state index is 12.3. The predicted molar refractivity (Wildman–Crippen MR) is 96.1 cm³/mol. The number of halogens is 1. The van der Waals surface area contributed by atoms with Crippen LogP contribution < -0.4 is 16.4 Å². The molecule has 24 heavy (non-hydrogen) atoms. The summed E-state index contributed by atoms with van der Waals surface area (Å²) < 4.78 is 0. The average molecular weight is 346 g/mol. The molecule has 0 radical (unpaired) electrons. The number of hydrogen-bond acceptors (Lipinski definition) is 3. The van der Waals surface area contributed by atoms with Crippen LogP contribution in [0.2, 0.25) is 5.02 Å². The zero-order valence-electron chi connectivity index (χ0n) is 13.5. The lowest BCUT2D eigenvalue weighted by molar-refractivity contribution is -0.117. The van der Waals surface area contributed by atoms with Gasteiger partial charge in [0.25, 0.3) is 0 Å². The number of rotatable bonds is 6. The summed E-state index contributed by atoms with van der Waals surface area (Å²) in [4.78, 5) is 23.3. The van der Waals surface area contributed by atoms with E-state index < -0.39 is 11.9 Å². The van der Waals surface area contributed by atoms with Gasteiger partial charge in [-0.1, -0.05) is 23.7 Å². The second-order valence-corrected chi connectivity index (χ2v) is 6.03. The van der Waals surface area contributed by atoms with E-state index in [2.05, 4.69) is 10.6 Å². The molecular formula is C18H20ClN3O2. The van der Waals surface area contributed by atoms with Crippen LogP contribution in [0.3, 0.4) is 0 Å². The minimum absolute atomic E-state index is 0.0262. The Kier molecular flexibility index (Phi) is 5.95. The summed E-state index contributed by atoms with van der Waals surface area (Å²) in [7, 11) is 0. The summed E-state index contributed by atoms with van der Waals surface area (Å²) in [6, 6.07) is 13.5. The van der Waals surface area contributed by atoms with Crippen molar-refractivity contribution in [2.45, 2.75) is 25.9 Å². The number of carbonyl (C=O) groups excluding carboxylic acids is 2. The molecular weight excluding hydrogens is 326 g/mol. The topological polar surface area (TPSA) is 84.2 Å². The second kappa shape index (κ2) is 7.95. The minimum atomic E-state index is -0.502. The van der Waals surface area contributed by atoms with Gasteiger partial charge in [-0.25, -0.2) is 0 Å². The fourth-order valence-corrected chi connectivity index (χ4v) is 2.49. The van der Waals surface area contributed by atoms with E-state index in [1.54, 1.807) is 31.2 Å². The van der Waals surface area contributed by atoms with E-state index in [0.717, 1.165) is 5.56 Å².